The van der Waals surface area contributed by atoms with Crippen LogP contribution in [0.4, 0.5) is 5.82 Å². The molecule has 2 heterocycles. The van der Waals surface area contributed by atoms with Gasteiger partial charge in [0.2, 0.25) is 0 Å². The van der Waals surface area contributed by atoms with E-state index in [9.17, 15) is 24.6 Å². The smallest absolute Gasteiger partial charge is 0.351 e. The number of aliphatic hydroxyl groups excluding tert-OH is 2. The minimum absolute atomic E-state index is 0.0242. The zero-order valence-electron chi connectivity index (χ0n) is 15.9. The van der Waals surface area contributed by atoms with Crippen LogP contribution in [0.25, 0.3) is 0 Å². The molecule has 4 atom stereocenters. The highest BCUT2D eigenvalue weighted by molar-refractivity contribution is 6.03. The van der Waals surface area contributed by atoms with E-state index < -0.39 is 36.1 Å². The second-order valence-corrected chi connectivity index (χ2v) is 6.80. The molecule has 0 radical (unpaired) electrons. The monoisotopic (exact) mass is 401 g/mol. The lowest BCUT2D eigenvalue weighted by atomic mass is 10.0. The van der Waals surface area contributed by atoms with Crippen molar-refractivity contribution in [2.75, 3.05) is 5.32 Å². The molecule has 1 fully saturated rings. The number of carbonyl (C=O) groups is 2. The molecule has 0 spiro atoms. The van der Waals surface area contributed by atoms with Gasteiger partial charge < -0.3 is 20.3 Å². The average molecular weight is 401 g/mol. The average Bonchev–Trinajstić information content (AvgIpc) is 3.01. The molecule has 0 bridgehead atoms. The van der Waals surface area contributed by atoms with E-state index in [2.05, 4.69) is 10.3 Å². The maximum atomic E-state index is 12.4. The summed E-state index contributed by atoms with van der Waals surface area (Å²) in [5.74, 6) is -0.335. The highest BCUT2D eigenvalue weighted by atomic mass is 16.6. The first-order valence-electron chi connectivity index (χ1n) is 9.39. The van der Waals surface area contributed by atoms with Crippen LogP contribution in [0.3, 0.4) is 0 Å². The minimum atomic E-state index is -1.35. The molecule has 1 saturated heterocycles. The van der Waals surface area contributed by atoms with E-state index in [1.807, 2.05) is 0 Å². The van der Waals surface area contributed by atoms with Crippen molar-refractivity contribution >= 4 is 17.5 Å². The van der Waals surface area contributed by atoms with E-state index in [-0.39, 0.29) is 24.4 Å². The van der Waals surface area contributed by atoms with E-state index in [0.29, 0.717) is 12.0 Å². The Morgan fingerprint density at radius 2 is 1.90 bits per heavy atom. The van der Waals surface area contributed by atoms with Crippen LogP contribution in [-0.2, 0) is 9.53 Å². The molecule has 3 rings (SSSR count). The summed E-state index contributed by atoms with van der Waals surface area (Å²) in [5, 5.41) is 23.0. The van der Waals surface area contributed by atoms with Crippen molar-refractivity contribution < 1.29 is 24.5 Å². The number of amides is 1. The molecule has 3 N–H and O–H groups in total. The van der Waals surface area contributed by atoms with Crippen molar-refractivity contribution in [3.05, 3.63) is 58.6 Å². The summed E-state index contributed by atoms with van der Waals surface area (Å²) in [6.45, 7) is 1.75. The highest BCUT2D eigenvalue weighted by Gasteiger charge is 2.43. The molecule has 1 aromatic carbocycles. The second-order valence-electron chi connectivity index (χ2n) is 6.80. The molecule has 1 aliphatic rings. The van der Waals surface area contributed by atoms with Crippen LogP contribution in [0.15, 0.2) is 47.4 Å². The number of hydrogen-bond acceptors (Lipinski definition) is 7. The number of ether oxygens (including phenoxy) is 1. The molecule has 29 heavy (non-hydrogen) atoms. The maximum Gasteiger partial charge on any atom is 0.351 e. The van der Waals surface area contributed by atoms with Crippen molar-refractivity contribution in [2.24, 2.45) is 0 Å². The summed E-state index contributed by atoms with van der Waals surface area (Å²) in [6.07, 6.45) is -2.30. The fraction of sp³-hybridized carbons (Fsp3) is 0.400. The van der Waals surface area contributed by atoms with Crippen molar-refractivity contribution in [1.82, 2.24) is 9.55 Å². The molecule has 9 nitrogen and oxygen atoms in total. The molecule has 1 aromatic heterocycles. The first kappa shape index (κ1) is 20.8. The number of hydrogen-bond donors (Lipinski definition) is 3. The number of carbonyl (C=O) groups excluding carboxylic acids is 2. The van der Waals surface area contributed by atoms with Crippen molar-refractivity contribution in [1.29, 1.82) is 0 Å². The molecule has 1 aliphatic heterocycles. The topological polar surface area (TPSA) is 131 Å². The van der Waals surface area contributed by atoms with Gasteiger partial charge in [-0.2, -0.15) is 4.98 Å². The zero-order valence-corrected chi connectivity index (χ0v) is 15.9. The van der Waals surface area contributed by atoms with Crippen LogP contribution in [0.1, 0.15) is 42.8 Å². The number of aromatic nitrogens is 2. The SMILES string of the molecule is CCC(=O)CC[C@H]1O[C@@H](n2ccc(NC(=O)c3ccccc3)nc2=O)C(O)[C@H]1O. The van der Waals surface area contributed by atoms with E-state index in [0.717, 1.165) is 4.57 Å². The lowest BCUT2D eigenvalue weighted by molar-refractivity contribution is -0.120. The van der Waals surface area contributed by atoms with Crippen LogP contribution < -0.4 is 11.0 Å². The molecule has 1 amide bonds. The first-order chi connectivity index (χ1) is 13.9. The van der Waals surface area contributed by atoms with Crippen LogP contribution in [0.2, 0.25) is 0 Å². The quantitative estimate of drug-likeness (QED) is 0.627. The van der Waals surface area contributed by atoms with Crippen LogP contribution in [0.5, 0.6) is 0 Å². The Hall–Kier alpha value is -2.88. The molecule has 2 aromatic rings. The standard InChI is InChI=1S/C20H23N3O6/c1-2-13(24)8-9-14-16(25)17(26)19(29-14)23-11-10-15(22-20(23)28)21-18(27)12-6-4-3-5-7-12/h3-7,10-11,14,16-17,19,25-26H,2,8-9H2,1H3,(H,21,22,27,28)/t14-,16+,17?,19-/m1/s1. The fourth-order valence-electron chi connectivity index (χ4n) is 3.13. The number of benzene rings is 1. The van der Waals surface area contributed by atoms with Gasteiger partial charge in [0.05, 0.1) is 6.10 Å². The van der Waals surface area contributed by atoms with Crippen molar-refractivity contribution in [3.8, 4) is 0 Å². The molecule has 1 unspecified atom stereocenters. The molecular formula is C20H23N3O6. The summed E-state index contributed by atoms with van der Waals surface area (Å²) >= 11 is 0. The fourth-order valence-corrected chi connectivity index (χ4v) is 3.13. The highest BCUT2D eigenvalue weighted by Crippen LogP contribution is 2.30. The van der Waals surface area contributed by atoms with Gasteiger partial charge in [-0.25, -0.2) is 4.79 Å². The van der Waals surface area contributed by atoms with E-state index >= 15 is 0 Å². The normalized spacial score (nSPS) is 23.7. The van der Waals surface area contributed by atoms with Gasteiger partial charge in [0.15, 0.2) is 6.23 Å². The van der Waals surface area contributed by atoms with Crippen LogP contribution in [-0.4, -0.2) is 49.8 Å². The third-order valence-electron chi connectivity index (χ3n) is 4.82. The number of nitrogens with zero attached hydrogens (tertiary/aromatic N) is 2. The van der Waals surface area contributed by atoms with Gasteiger partial charge >= 0.3 is 5.69 Å². The van der Waals surface area contributed by atoms with Gasteiger partial charge in [-0.3, -0.25) is 14.2 Å². The minimum Gasteiger partial charge on any atom is -0.388 e. The van der Waals surface area contributed by atoms with Crippen LogP contribution in [0, 0.1) is 0 Å². The van der Waals surface area contributed by atoms with Gasteiger partial charge in [-0.15, -0.1) is 0 Å². The Bertz CT molecular complexity index is 929. The molecule has 0 aliphatic carbocycles. The number of aliphatic hydroxyl groups is 2. The molecule has 9 heteroatoms. The van der Waals surface area contributed by atoms with E-state index in [1.54, 1.807) is 37.3 Å². The predicted octanol–water partition coefficient (Wildman–Crippen LogP) is 0.874. The zero-order chi connectivity index (χ0) is 21.0. The third-order valence-corrected chi connectivity index (χ3v) is 4.82. The summed E-state index contributed by atoms with van der Waals surface area (Å²) in [5.41, 5.74) is -0.335. The van der Waals surface area contributed by atoms with E-state index in [4.69, 9.17) is 4.74 Å². The Morgan fingerprint density at radius 3 is 2.55 bits per heavy atom. The number of anilines is 1. The maximum absolute atomic E-state index is 12.4. The van der Waals surface area contributed by atoms with Gasteiger partial charge in [0.1, 0.15) is 23.8 Å². The first-order valence-corrected chi connectivity index (χ1v) is 9.39. The van der Waals surface area contributed by atoms with Gasteiger partial charge in [-0.1, -0.05) is 25.1 Å². The summed E-state index contributed by atoms with van der Waals surface area (Å²) in [6, 6.07) is 9.87. The second kappa shape index (κ2) is 9.08. The van der Waals surface area contributed by atoms with Crippen molar-refractivity contribution in [3.63, 3.8) is 0 Å². The largest absolute Gasteiger partial charge is 0.388 e. The Morgan fingerprint density at radius 1 is 1.17 bits per heavy atom. The van der Waals surface area contributed by atoms with Gasteiger partial charge in [0.25, 0.3) is 5.91 Å². The number of nitrogens with one attached hydrogen (secondary N) is 1. The Balaban J connectivity index is 1.70. The number of rotatable bonds is 7. The summed E-state index contributed by atoms with van der Waals surface area (Å²) in [4.78, 5) is 39.9. The summed E-state index contributed by atoms with van der Waals surface area (Å²) < 4.78 is 6.67. The Kier molecular flexibility index (Phi) is 6.53. The lowest BCUT2D eigenvalue weighted by Crippen LogP contribution is -2.35. The third kappa shape index (κ3) is 4.76. The summed E-state index contributed by atoms with van der Waals surface area (Å²) in [7, 11) is 0. The molecular weight excluding hydrogens is 378 g/mol. The molecule has 154 valence electrons. The van der Waals surface area contributed by atoms with Crippen molar-refractivity contribution in [2.45, 2.75) is 50.7 Å². The van der Waals surface area contributed by atoms with E-state index in [1.165, 1.54) is 12.3 Å². The predicted molar refractivity (Wildman–Crippen MR) is 103 cm³/mol. The van der Waals surface area contributed by atoms with Crippen LogP contribution >= 0.6 is 0 Å². The van der Waals surface area contributed by atoms with Gasteiger partial charge in [-0.05, 0) is 24.6 Å². The Labute approximate surface area is 167 Å². The molecule has 0 saturated carbocycles. The number of ketones is 1. The lowest BCUT2D eigenvalue weighted by Gasteiger charge is -2.17. The van der Waals surface area contributed by atoms with Gasteiger partial charge in [0, 0.05) is 24.6 Å². The number of Topliss-reactive ketones (excluding diaryl/α,β-unsaturated/α-hetero) is 1.